The summed E-state index contributed by atoms with van der Waals surface area (Å²) in [4.78, 5) is 8.54. The Labute approximate surface area is 110 Å². The second-order valence-corrected chi connectivity index (χ2v) is 5.88. The van der Waals surface area contributed by atoms with Crippen molar-refractivity contribution >= 4 is 5.95 Å². The fourth-order valence-electron chi connectivity index (χ4n) is 1.25. The first-order valence-electron chi connectivity index (χ1n) is 6.55. The summed E-state index contributed by atoms with van der Waals surface area (Å²) in [7, 11) is 0. The largest absolute Gasteiger partial charge is 0.475 e. The Hall–Kier alpha value is -1.32. The molecule has 4 nitrogen and oxygen atoms in total. The number of ether oxygens (including phenoxy) is 1. The Morgan fingerprint density at radius 2 is 1.94 bits per heavy atom. The maximum atomic E-state index is 5.54. The third-order valence-electron chi connectivity index (χ3n) is 3.25. The van der Waals surface area contributed by atoms with Gasteiger partial charge in [0, 0.05) is 18.8 Å². The van der Waals surface area contributed by atoms with Gasteiger partial charge in [-0.05, 0) is 25.2 Å². The summed E-state index contributed by atoms with van der Waals surface area (Å²) in [6.07, 6.45) is 1.84. The Balaban J connectivity index is 2.63. The molecular formula is C14H25N3O. The monoisotopic (exact) mass is 251 g/mol. The molecule has 0 radical (unpaired) electrons. The van der Waals surface area contributed by atoms with Gasteiger partial charge in [-0.3, -0.25) is 0 Å². The summed E-state index contributed by atoms with van der Waals surface area (Å²) in [5.74, 6) is 1.84. The van der Waals surface area contributed by atoms with Gasteiger partial charge in [-0.25, -0.2) is 4.98 Å². The molecule has 0 unspecified atom stereocenters. The van der Waals surface area contributed by atoms with E-state index in [9.17, 15) is 0 Å². The van der Waals surface area contributed by atoms with E-state index in [-0.39, 0.29) is 11.5 Å². The van der Waals surface area contributed by atoms with E-state index < -0.39 is 0 Å². The maximum Gasteiger partial charge on any atom is 0.225 e. The van der Waals surface area contributed by atoms with Crippen molar-refractivity contribution in [2.75, 3.05) is 11.9 Å². The van der Waals surface area contributed by atoms with Crippen molar-refractivity contribution in [2.45, 2.75) is 47.6 Å². The number of nitrogens with one attached hydrogen (secondary N) is 1. The standard InChI is InChI=1S/C14H25N3O/c1-10(2)14(5,6)9-16-13-15-8-7-12(17-13)18-11(3)4/h7-8,10-11H,9H2,1-6H3,(H,15,16,17). The van der Waals surface area contributed by atoms with Crippen LogP contribution in [0.25, 0.3) is 0 Å². The van der Waals surface area contributed by atoms with Crippen LogP contribution in [0, 0.1) is 11.3 Å². The highest BCUT2D eigenvalue weighted by Gasteiger charge is 2.22. The van der Waals surface area contributed by atoms with Crippen LogP contribution in [0.1, 0.15) is 41.5 Å². The van der Waals surface area contributed by atoms with Crippen LogP contribution in [-0.4, -0.2) is 22.6 Å². The number of anilines is 1. The average Bonchev–Trinajstić information content (AvgIpc) is 2.26. The quantitative estimate of drug-likeness (QED) is 0.842. The highest BCUT2D eigenvalue weighted by atomic mass is 16.5. The summed E-state index contributed by atoms with van der Waals surface area (Å²) in [5.41, 5.74) is 0.207. The normalized spacial score (nSPS) is 12.0. The maximum absolute atomic E-state index is 5.54. The van der Waals surface area contributed by atoms with Gasteiger partial charge >= 0.3 is 0 Å². The van der Waals surface area contributed by atoms with Gasteiger partial charge in [-0.1, -0.05) is 27.7 Å². The molecule has 0 spiro atoms. The predicted octanol–water partition coefficient (Wildman–Crippen LogP) is 3.36. The van der Waals surface area contributed by atoms with Crippen molar-refractivity contribution in [3.8, 4) is 5.88 Å². The molecule has 1 aromatic heterocycles. The number of rotatable bonds is 6. The fraction of sp³-hybridized carbons (Fsp3) is 0.714. The van der Waals surface area contributed by atoms with Gasteiger partial charge in [-0.2, -0.15) is 4.98 Å². The summed E-state index contributed by atoms with van der Waals surface area (Å²) in [5, 5.41) is 3.28. The van der Waals surface area contributed by atoms with E-state index >= 15 is 0 Å². The molecule has 0 atom stereocenters. The Morgan fingerprint density at radius 1 is 1.28 bits per heavy atom. The Morgan fingerprint density at radius 3 is 2.50 bits per heavy atom. The minimum atomic E-state index is 0.125. The minimum absolute atomic E-state index is 0.125. The molecule has 102 valence electrons. The van der Waals surface area contributed by atoms with Gasteiger partial charge in [0.2, 0.25) is 11.8 Å². The Kier molecular flexibility index (Phi) is 4.93. The van der Waals surface area contributed by atoms with Gasteiger partial charge in [0.05, 0.1) is 6.10 Å². The molecule has 0 aliphatic heterocycles. The van der Waals surface area contributed by atoms with Gasteiger partial charge in [0.25, 0.3) is 0 Å². The van der Waals surface area contributed by atoms with Crippen LogP contribution in [0.4, 0.5) is 5.95 Å². The molecule has 1 rings (SSSR count). The molecule has 0 amide bonds. The third-order valence-corrected chi connectivity index (χ3v) is 3.25. The van der Waals surface area contributed by atoms with Crippen molar-refractivity contribution in [3.63, 3.8) is 0 Å². The SMILES string of the molecule is CC(C)Oc1ccnc(NCC(C)(C)C(C)C)n1. The van der Waals surface area contributed by atoms with Crippen LogP contribution in [0.3, 0.4) is 0 Å². The van der Waals surface area contributed by atoms with E-state index in [2.05, 4.69) is 43.0 Å². The highest BCUT2D eigenvalue weighted by Crippen LogP contribution is 2.25. The molecule has 0 saturated heterocycles. The van der Waals surface area contributed by atoms with E-state index in [1.807, 2.05) is 13.8 Å². The van der Waals surface area contributed by atoms with E-state index in [0.29, 0.717) is 17.7 Å². The minimum Gasteiger partial charge on any atom is -0.475 e. The number of hydrogen-bond acceptors (Lipinski definition) is 4. The Bertz CT molecular complexity index is 375. The van der Waals surface area contributed by atoms with Crippen molar-refractivity contribution in [1.82, 2.24) is 9.97 Å². The van der Waals surface area contributed by atoms with Crippen molar-refractivity contribution in [2.24, 2.45) is 11.3 Å². The first kappa shape index (κ1) is 14.7. The molecule has 1 aromatic rings. The number of aromatic nitrogens is 2. The van der Waals surface area contributed by atoms with Gasteiger partial charge in [-0.15, -0.1) is 0 Å². The smallest absolute Gasteiger partial charge is 0.225 e. The lowest BCUT2D eigenvalue weighted by Crippen LogP contribution is -2.29. The van der Waals surface area contributed by atoms with Crippen LogP contribution in [0.2, 0.25) is 0 Å². The molecule has 0 aliphatic carbocycles. The van der Waals surface area contributed by atoms with Gasteiger partial charge in [0.1, 0.15) is 0 Å². The summed E-state index contributed by atoms with van der Waals surface area (Å²) in [6.45, 7) is 13.7. The van der Waals surface area contributed by atoms with Crippen molar-refractivity contribution in [1.29, 1.82) is 0 Å². The van der Waals surface area contributed by atoms with Gasteiger partial charge in [0.15, 0.2) is 0 Å². The molecule has 4 heteroatoms. The fourth-order valence-corrected chi connectivity index (χ4v) is 1.25. The third kappa shape index (κ3) is 4.51. The average molecular weight is 251 g/mol. The van der Waals surface area contributed by atoms with Crippen molar-refractivity contribution < 1.29 is 4.74 Å². The first-order valence-corrected chi connectivity index (χ1v) is 6.55. The van der Waals surface area contributed by atoms with E-state index in [0.717, 1.165) is 6.54 Å². The number of hydrogen-bond donors (Lipinski definition) is 1. The molecule has 0 saturated carbocycles. The molecule has 0 aromatic carbocycles. The zero-order chi connectivity index (χ0) is 13.8. The molecule has 0 aliphatic rings. The number of nitrogens with zero attached hydrogens (tertiary/aromatic N) is 2. The molecule has 0 fully saturated rings. The molecule has 1 heterocycles. The van der Waals surface area contributed by atoms with Gasteiger partial charge < -0.3 is 10.1 Å². The zero-order valence-electron chi connectivity index (χ0n) is 12.3. The topological polar surface area (TPSA) is 47.0 Å². The summed E-state index contributed by atoms with van der Waals surface area (Å²) in [6, 6.07) is 1.78. The van der Waals surface area contributed by atoms with E-state index in [1.165, 1.54) is 0 Å². The molecule has 0 bridgehead atoms. The van der Waals surface area contributed by atoms with Crippen LogP contribution < -0.4 is 10.1 Å². The van der Waals surface area contributed by atoms with Crippen LogP contribution in [0.5, 0.6) is 5.88 Å². The predicted molar refractivity (Wildman–Crippen MR) is 74.9 cm³/mol. The molecule has 18 heavy (non-hydrogen) atoms. The van der Waals surface area contributed by atoms with Crippen LogP contribution >= 0.6 is 0 Å². The van der Waals surface area contributed by atoms with Crippen molar-refractivity contribution in [3.05, 3.63) is 12.3 Å². The van der Waals surface area contributed by atoms with E-state index in [1.54, 1.807) is 12.3 Å². The first-order chi connectivity index (χ1) is 8.31. The highest BCUT2D eigenvalue weighted by molar-refractivity contribution is 5.27. The zero-order valence-corrected chi connectivity index (χ0v) is 12.3. The van der Waals surface area contributed by atoms with Crippen LogP contribution in [-0.2, 0) is 0 Å². The summed E-state index contributed by atoms with van der Waals surface area (Å²) >= 11 is 0. The van der Waals surface area contributed by atoms with E-state index in [4.69, 9.17) is 4.74 Å². The lowest BCUT2D eigenvalue weighted by atomic mass is 9.81. The second-order valence-electron chi connectivity index (χ2n) is 5.88. The molecule has 1 N–H and O–H groups in total. The summed E-state index contributed by atoms with van der Waals surface area (Å²) < 4.78 is 5.54. The van der Waals surface area contributed by atoms with Crippen LogP contribution in [0.15, 0.2) is 12.3 Å². The lowest BCUT2D eigenvalue weighted by Gasteiger charge is -2.29. The molecular weight excluding hydrogens is 226 g/mol. The second kappa shape index (κ2) is 6.03. The lowest BCUT2D eigenvalue weighted by molar-refractivity contribution is 0.232.